The summed E-state index contributed by atoms with van der Waals surface area (Å²) in [4.78, 5) is 18.8. The van der Waals surface area contributed by atoms with Crippen LogP contribution >= 0.6 is 11.6 Å². The second-order valence-electron chi connectivity index (χ2n) is 9.12. The number of hydrogen-bond acceptors (Lipinski definition) is 3. The Labute approximate surface area is 207 Å². The molecule has 1 aliphatic rings. The van der Waals surface area contributed by atoms with E-state index in [4.69, 9.17) is 11.6 Å². The van der Waals surface area contributed by atoms with Gasteiger partial charge < -0.3 is 20.1 Å². The number of amides is 1. The Kier molecular flexibility index (Phi) is 4.97. The Morgan fingerprint density at radius 3 is 2.63 bits per heavy atom. The van der Waals surface area contributed by atoms with Crippen LogP contribution in [0, 0.1) is 6.92 Å². The number of carbonyl (C=O) groups is 1. The number of halogens is 1. The number of aryl methyl sites for hydroxylation is 1. The number of aromatic hydroxyl groups is 2. The van der Waals surface area contributed by atoms with Crippen molar-refractivity contribution >= 4 is 44.9 Å². The Morgan fingerprint density at radius 1 is 1.06 bits per heavy atom. The van der Waals surface area contributed by atoms with E-state index in [1.807, 2.05) is 61.5 Å². The number of carbonyl (C=O) groups excluding carboxylic acids is 1. The van der Waals surface area contributed by atoms with Crippen LogP contribution in [0.25, 0.3) is 32.9 Å². The highest BCUT2D eigenvalue weighted by molar-refractivity contribution is 6.19. The number of phenols is 2. The van der Waals surface area contributed by atoms with Gasteiger partial charge in [0.15, 0.2) is 0 Å². The fourth-order valence-corrected chi connectivity index (χ4v) is 5.48. The normalized spacial score (nSPS) is 15.1. The first kappa shape index (κ1) is 21.6. The summed E-state index contributed by atoms with van der Waals surface area (Å²) in [6, 6.07) is 22.2. The molecule has 4 aromatic carbocycles. The van der Waals surface area contributed by atoms with E-state index >= 15 is 0 Å². The van der Waals surface area contributed by atoms with Gasteiger partial charge in [0.2, 0.25) is 0 Å². The molecule has 35 heavy (non-hydrogen) atoms. The number of aromatic nitrogens is 1. The number of phenolic OH excluding ortho intramolecular Hbond substituents is 2. The first-order valence-electron chi connectivity index (χ1n) is 11.5. The number of nitrogens with zero attached hydrogens (tertiary/aromatic N) is 1. The van der Waals surface area contributed by atoms with Gasteiger partial charge in [0.05, 0.1) is 5.69 Å². The van der Waals surface area contributed by atoms with Crippen LogP contribution in [0.2, 0.25) is 0 Å². The molecule has 1 amide bonds. The zero-order valence-electron chi connectivity index (χ0n) is 19.0. The molecule has 0 aliphatic carbocycles. The minimum Gasteiger partial charge on any atom is -0.508 e. The van der Waals surface area contributed by atoms with E-state index in [-0.39, 0.29) is 23.3 Å². The second kappa shape index (κ2) is 8.07. The highest BCUT2D eigenvalue weighted by atomic mass is 35.5. The van der Waals surface area contributed by atoms with Crippen molar-refractivity contribution in [2.75, 3.05) is 17.3 Å². The minimum absolute atomic E-state index is 0.0184. The maximum Gasteiger partial charge on any atom is 0.258 e. The molecular weight excluding hydrogens is 460 g/mol. The first-order valence-corrected chi connectivity index (χ1v) is 12.0. The summed E-state index contributed by atoms with van der Waals surface area (Å²) < 4.78 is 0. The lowest BCUT2D eigenvalue weighted by Gasteiger charge is -2.19. The van der Waals surface area contributed by atoms with Gasteiger partial charge in [-0.05, 0) is 71.5 Å². The highest BCUT2D eigenvalue weighted by Gasteiger charge is 2.35. The van der Waals surface area contributed by atoms with Crippen molar-refractivity contribution in [2.45, 2.75) is 12.8 Å². The number of hydrogen-bond donors (Lipinski definition) is 3. The molecule has 0 bridgehead atoms. The van der Waals surface area contributed by atoms with Gasteiger partial charge in [-0.3, -0.25) is 4.79 Å². The maximum absolute atomic E-state index is 13.7. The van der Waals surface area contributed by atoms with Crippen molar-refractivity contribution in [1.29, 1.82) is 0 Å². The molecule has 0 saturated heterocycles. The molecule has 1 atom stereocenters. The number of fused-ring (bicyclic) bond motifs is 4. The highest BCUT2D eigenvalue weighted by Crippen LogP contribution is 2.46. The standard InChI is InChI=1S/C29H23ClN2O3/c1-16-3-2-4-22-26(34)13-25-28(27(16)22)20(14-30)15-32(25)29(35)19-6-5-18-11-23(31-24(18)12-19)17-7-9-21(33)10-8-17/h2-13,20,31,33-34H,14-15H2,1H3/t20-/m1/s1. The van der Waals surface area contributed by atoms with Crippen molar-refractivity contribution in [1.82, 2.24) is 4.98 Å². The van der Waals surface area contributed by atoms with E-state index in [1.165, 1.54) is 0 Å². The molecule has 6 heteroatoms. The van der Waals surface area contributed by atoms with Crippen LogP contribution in [0.15, 0.2) is 72.8 Å². The van der Waals surface area contributed by atoms with Gasteiger partial charge in [0.25, 0.3) is 5.91 Å². The molecule has 5 nitrogen and oxygen atoms in total. The summed E-state index contributed by atoms with van der Waals surface area (Å²) in [5.41, 5.74) is 6.06. The third-order valence-corrected chi connectivity index (χ3v) is 7.32. The molecule has 5 aromatic rings. The van der Waals surface area contributed by atoms with E-state index in [9.17, 15) is 15.0 Å². The number of nitrogens with one attached hydrogen (secondary N) is 1. The largest absolute Gasteiger partial charge is 0.508 e. The van der Waals surface area contributed by atoms with Crippen LogP contribution in [0.3, 0.4) is 0 Å². The van der Waals surface area contributed by atoms with E-state index in [1.54, 1.807) is 23.1 Å². The van der Waals surface area contributed by atoms with E-state index in [0.717, 1.165) is 49.7 Å². The molecule has 0 radical (unpaired) electrons. The van der Waals surface area contributed by atoms with E-state index in [0.29, 0.717) is 18.0 Å². The lowest BCUT2D eigenvalue weighted by molar-refractivity contribution is 0.0988. The van der Waals surface area contributed by atoms with Crippen molar-refractivity contribution in [3.05, 3.63) is 89.5 Å². The number of anilines is 1. The zero-order chi connectivity index (χ0) is 24.3. The van der Waals surface area contributed by atoms with Crippen LogP contribution in [0.1, 0.15) is 27.4 Å². The average Bonchev–Trinajstić information content (AvgIpc) is 3.45. The van der Waals surface area contributed by atoms with E-state index < -0.39 is 0 Å². The van der Waals surface area contributed by atoms with Crippen molar-refractivity contribution in [3.8, 4) is 22.8 Å². The second-order valence-corrected chi connectivity index (χ2v) is 9.43. The molecule has 3 N–H and O–H groups in total. The lowest BCUT2D eigenvalue weighted by Crippen LogP contribution is -2.30. The predicted octanol–water partition coefficient (Wildman–Crippen LogP) is 6.69. The molecule has 2 heterocycles. The number of benzene rings is 4. The molecule has 6 rings (SSSR count). The zero-order valence-corrected chi connectivity index (χ0v) is 19.8. The maximum atomic E-state index is 13.7. The van der Waals surface area contributed by atoms with Crippen molar-refractivity contribution < 1.29 is 15.0 Å². The molecule has 174 valence electrons. The van der Waals surface area contributed by atoms with Crippen LogP contribution in [0.4, 0.5) is 5.69 Å². The van der Waals surface area contributed by atoms with Crippen molar-refractivity contribution in [2.24, 2.45) is 0 Å². The Bertz CT molecular complexity index is 1620. The van der Waals surface area contributed by atoms with Gasteiger partial charge in [0, 0.05) is 52.0 Å². The monoisotopic (exact) mass is 482 g/mol. The van der Waals surface area contributed by atoms with Crippen LogP contribution < -0.4 is 4.90 Å². The topological polar surface area (TPSA) is 76.6 Å². The smallest absolute Gasteiger partial charge is 0.258 e. The fraction of sp³-hybridized carbons (Fsp3) is 0.138. The molecule has 0 spiro atoms. The summed E-state index contributed by atoms with van der Waals surface area (Å²) in [6.07, 6.45) is 0. The number of aromatic amines is 1. The van der Waals surface area contributed by atoms with Gasteiger partial charge in [-0.1, -0.05) is 24.3 Å². The third kappa shape index (κ3) is 3.43. The minimum atomic E-state index is -0.131. The molecule has 0 fully saturated rings. The van der Waals surface area contributed by atoms with Crippen molar-refractivity contribution in [3.63, 3.8) is 0 Å². The Morgan fingerprint density at radius 2 is 1.86 bits per heavy atom. The van der Waals surface area contributed by atoms with Gasteiger partial charge in [-0.2, -0.15) is 0 Å². The predicted molar refractivity (Wildman–Crippen MR) is 141 cm³/mol. The van der Waals surface area contributed by atoms with Gasteiger partial charge in [0.1, 0.15) is 11.5 Å². The Balaban J connectivity index is 1.42. The van der Waals surface area contributed by atoms with Gasteiger partial charge in [-0.15, -0.1) is 11.6 Å². The SMILES string of the molecule is Cc1cccc2c(O)cc3c(c12)[C@H](CCl)CN3C(=O)c1ccc2cc(-c3ccc(O)cc3)[nH]c2c1. The summed E-state index contributed by atoms with van der Waals surface area (Å²) >= 11 is 6.37. The van der Waals surface area contributed by atoms with Crippen LogP contribution in [0.5, 0.6) is 11.5 Å². The summed E-state index contributed by atoms with van der Waals surface area (Å²) in [6.45, 7) is 2.48. The molecular formula is C29H23ClN2O3. The van der Waals surface area contributed by atoms with Crippen LogP contribution in [-0.4, -0.2) is 33.5 Å². The summed E-state index contributed by atoms with van der Waals surface area (Å²) in [7, 11) is 0. The number of alkyl halides is 1. The van der Waals surface area contributed by atoms with Crippen LogP contribution in [-0.2, 0) is 0 Å². The first-order chi connectivity index (χ1) is 16.9. The Hall–Kier alpha value is -3.96. The summed E-state index contributed by atoms with van der Waals surface area (Å²) in [5, 5.41) is 23.1. The molecule has 1 aliphatic heterocycles. The third-order valence-electron chi connectivity index (χ3n) is 6.95. The lowest BCUT2D eigenvalue weighted by atomic mass is 9.92. The fourth-order valence-electron chi connectivity index (χ4n) is 5.23. The summed E-state index contributed by atoms with van der Waals surface area (Å²) in [5.74, 6) is 0.613. The van der Waals surface area contributed by atoms with Gasteiger partial charge >= 0.3 is 0 Å². The molecule has 0 saturated carbocycles. The average molecular weight is 483 g/mol. The number of H-pyrrole nitrogens is 1. The molecule has 0 unspecified atom stereocenters. The molecule has 1 aromatic heterocycles. The number of rotatable bonds is 3. The van der Waals surface area contributed by atoms with Gasteiger partial charge in [-0.25, -0.2) is 0 Å². The quantitative estimate of drug-likeness (QED) is 0.251. The van der Waals surface area contributed by atoms with E-state index in [2.05, 4.69) is 4.98 Å².